The Balaban J connectivity index is 1.73. The molecule has 3 saturated carbocycles. The molecule has 1 unspecified atom stereocenters. The summed E-state index contributed by atoms with van der Waals surface area (Å²) < 4.78 is 0. The third-order valence-corrected chi connectivity index (χ3v) is 6.96. The Bertz CT molecular complexity index is 280. The zero-order chi connectivity index (χ0) is 12.2. The highest BCUT2D eigenvalue weighted by Gasteiger charge is 2.56. The zero-order valence-corrected chi connectivity index (χ0v) is 12.2. The Morgan fingerprint density at radius 1 is 0.941 bits per heavy atom. The van der Waals surface area contributed by atoms with Crippen LogP contribution in [-0.4, -0.2) is 0 Å². The maximum Gasteiger partial charge on any atom is -0.0324 e. The van der Waals surface area contributed by atoms with E-state index in [-0.39, 0.29) is 0 Å². The summed E-state index contributed by atoms with van der Waals surface area (Å²) in [5.74, 6) is 8.48. The maximum atomic E-state index is 2.59. The standard InChI is InChI=1S/C17H30/c1-10(2)11(3)9-16-12(4)14-7-5-13-6-8-15(16)17(13)14/h10-17H,5-9H2,1-4H3/t11-,12+,13?,14+,15+,16+,17-/m0/s1. The Labute approximate surface area is 108 Å². The van der Waals surface area contributed by atoms with Crippen LogP contribution in [-0.2, 0) is 0 Å². The van der Waals surface area contributed by atoms with Crippen LogP contribution in [0, 0.1) is 47.3 Å². The second-order valence-electron chi connectivity index (χ2n) is 7.80. The maximum absolute atomic E-state index is 2.59. The fraction of sp³-hybridized carbons (Fsp3) is 1.00. The van der Waals surface area contributed by atoms with E-state index < -0.39 is 0 Å². The van der Waals surface area contributed by atoms with Crippen LogP contribution in [0.25, 0.3) is 0 Å². The monoisotopic (exact) mass is 234 g/mol. The van der Waals surface area contributed by atoms with E-state index in [0.717, 1.165) is 47.3 Å². The van der Waals surface area contributed by atoms with E-state index >= 15 is 0 Å². The average Bonchev–Trinajstić information content (AvgIpc) is 2.90. The Morgan fingerprint density at radius 3 is 2.24 bits per heavy atom. The fourth-order valence-electron chi connectivity index (χ4n) is 5.66. The van der Waals surface area contributed by atoms with Gasteiger partial charge in [-0.1, -0.05) is 27.7 Å². The number of rotatable bonds is 3. The summed E-state index contributed by atoms with van der Waals surface area (Å²) in [5.41, 5.74) is 0. The SMILES string of the molecule is CC(C)[C@@H](C)C[C@@H]1[C@H](C)[C@H]2CCC3CC[C@H]1[C@@H]32. The number of hydrogen-bond donors (Lipinski definition) is 0. The first-order valence-corrected chi connectivity index (χ1v) is 8.09. The molecule has 0 bridgehead atoms. The molecule has 98 valence electrons. The van der Waals surface area contributed by atoms with Crippen molar-refractivity contribution in [2.45, 2.75) is 59.8 Å². The van der Waals surface area contributed by atoms with E-state index in [1.54, 1.807) is 25.7 Å². The van der Waals surface area contributed by atoms with Gasteiger partial charge in [-0.2, -0.15) is 0 Å². The second kappa shape index (κ2) is 4.28. The molecule has 0 amide bonds. The van der Waals surface area contributed by atoms with Crippen molar-refractivity contribution in [3.05, 3.63) is 0 Å². The lowest BCUT2D eigenvalue weighted by molar-refractivity contribution is 0.217. The topological polar surface area (TPSA) is 0 Å². The molecule has 3 fully saturated rings. The van der Waals surface area contributed by atoms with Crippen LogP contribution in [0.3, 0.4) is 0 Å². The lowest BCUT2D eigenvalue weighted by Gasteiger charge is -2.28. The minimum absolute atomic E-state index is 0.875. The van der Waals surface area contributed by atoms with Crippen molar-refractivity contribution in [1.82, 2.24) is 0 Å². The summed E-state index contributed by atoms with van der Waals surface area (Å²) in [6, 6.07) is 0. The smallest absolute Gasteiger partial charge is 0.0324 e. The van der Waals surface area contributed by atoms with Gasteiger partial charge in [0.25, 0.3) is 0 Å². The van der Waals surface area contributed by atoms with Crippen LogP contribution >= 0.6 is 0 Å². The summed E-state index contributed by atoms with van der Waals surface area (Å²) in [6.07, 6.45) is 7.81. The van der Waals surface area contributed by atoms with Crippen molar-refractivity contribution in [2.24, 2.45) is 47.3 Å². The predicted octanol–water partition coefficient (Wildman–Crippen LogP) is 4.99. The molecule has 0 aromatic rings. The van der Waals surface area contributed by atoms with Gasteiger partial charge in [0.2, 0.25) is 0 Å². The molecule has 0 N–H and O–H groups in total. The molecule has 0 nitrogen and oxygen atoms in total. The van der Waals surface area contributed by atoms with Crippen LogP contribution in [0.15, 0.2) is 0 Å². The van der Waals surface area contributed by atoms with Crippen molar-refractivity contribution < 1.29 is 0 Å². The van der Waals surface area contributed by atoms with Gasteiger partial charge in [-0.05, 0) is 79.4 Å². The second-order valence-corrected chi connectivity index (χ2v) is 7.80. The summed E-state index contributed by atoms with van der Waals surface area (Å²) in [5, 5.41) is 0. The van der Waals surface area contributed by atoms with Gasteiger partial charge in [-0.15, -0.1) is 0 Å². The highest BCUT2D eigenvalue weighted by Crippen LogP contribution is 2.63. The van der Waals surface area contributed by atoms with Gasteiger partial charge >= 0.3 is 0 Å². The van der Waals surface area contributed by atoms with Crippen LogP contribution < -0.4 is 0 Å². The summed E-state index contributed by atoms with van der Waals surface area (Å²) in [6.45, 7) is 9.88. The molecule has 0 aliphatic heterocycles. The molecule has 0 spiro atoms. The van der Waals surface area contributed by atoms with Crippen LogP contribution in [0.5, 0.6) is 0 Å². The van der Waals surface area contributed by atoms with Crippen molar-refractivity contribution in [3.63, 3.8) is 0 Å². The lowest BCUT2D eigenvalue weighted by atomic mass is 9.78. The van der Waals surface area contributed by atoms with Crippen molar-refractivity contribution >= 4 is 0 Å². The predicted molar refractivity (Wildman–Crippen MR) is 73.7 cm³/mol. The molecule has 3 aliphatic rings. The Hall–Kier alpha value is 0. The lowest BCUT2D eigenvalue weighted by Crippen LogP contribution is -2.20. The normalized spacial score (nSPS) is 49.9. The third kappa shape index (κ3) is 1.78. The van der Waals surface area contributed by atoms with Gasteiger partial charge in [-0.25, -0.2) is 0 Å². The van der Waals surface area contributed by atoms with E-state index in [0.29, 0.717) is 0 Å². The molecule has 3 rings (SSSR count). The fourth-order valence-corrected chi connectivity index (χ4v) is 5.66. The van der Waals surface area contributed by atoms with Gasteiger partial charge in [0.1, 0.15) is 0 Å². The first-order chi connectivity index (χ1) is 8.09. The molecule has 7 atom stereocenters. The van der Waals surface area contributed by atoms with Gasteiger partial charge in [0.05, 0.1) is 0 Å². The van der Waals surface area contributed by atoms with Gasteiger partial charge in [0, 0.05) is 0 Å². The van der Waals surface area contributed by atoms with E-state index in [1.807, 2.05) is 0 Å². The molecular weight excluding hydrogens is 204 g/mol. The first-order valence-electron chi connectivity index (χ1n) is 8.09. The Kier molecular flexibility index (Phi) is 3.04. The number of hydrogen-bond acceptors (Lipinski definition) is 0. The first kappa shape index (κ1) is 12.1. The summed E-state index contributed by atoms with van der Waals surface area (Å²) >= 11 is 0. The minimum Gasteiger partial charge on any atom is -0.0625 e. The average molecular weight is 234 g/mol. The van der Waals surface area contributed by atoms with Crippen molar-refractivity contribution in [1.29, 1.82) is 0 Å². The van der Waals surface area contributed by atoms with Gasteiger partial charge in [-0.3, -0.25) is 0 Å². The van der Waals surface area contributed by atoms with Gasteiger partial charge in [0.15, 0.2) is 0 Å². The molecule has 0 heterocycles. The van der Waals surface area contributed by atoms with E-state index in [4.69, 9.17) is 0 Å². The Morgan fingerprint density at radius 2 is 1.59 bits per heavy atom. The molecule has 0 aromatic heterocycles. The third-order valence-electron chi connectivity index (χ3n) is 6.96. The van der Waals surface area contributed by atoms with E-state index in [2.05, 4.69) is 27.7 Å². The minimum atomic E-state index is 0.875. The summed E-state index contributed by atoms with van der Waals surface area (Å²) in [7, 11) is 0. The van der Waals surface area contributed by atoms with E-state index in [1.165, 1.54) is 6.42 Å². The summed E-state index contributed by atoms with van der Waals surface area (Å²) in [4.78, 5) is 0. The van der Waals surface area contributed by atoms with Gasteiger partial charge < -0.3 is 0 Å². The molecule has 0 radical (unpaired) electrons. The molecule has 3 aliphatic carbocycles. The highest BCUT2D eigenvalue weighted by molar-refractivity contribution is 5.05. The molecular formula is C17H30. The molecule has 17 heavy (non-hydrogen) atoms. The van der Waals surface area contributed by atoms with Crippen LogP contribution in [0.1, 0.15) is 59.8 Å². The van der Waals surface area contributed by atoms with E-state index in [9.17, 15) is 0 Å². The van der Waals surface area contributed by atoms with Crippen LogP contribution in [0.4, 0.5) is 0 Å². The molecule has 0 saturated heterocycles. The zero-order valence-electron chi connectivity index (χ0n) is 12.2. The largest absolute Gasteiger partial charge is 0.0625 e. The molecule has 0 heteroatoms. The molecule has 0 aromatic carbocycles. The van der Waals surface area contributed by atoms with Crippen molar-refractivity contribution in [3.8, 4) is 0 Å². The quantitative estimate of drug-likeness (QED) is 0.645. The van der Waals surface area contributed by atoms with Crippen molar-refractivity contribution in [2.75, 3.05) is 0 Å². The van der Waals surface area contributed by atoms with Crippen LogP contribution in [0.2, 0.25) is 0 Å². The highest BCUT2D eigenvalue weighted by atomic mass is 14.6.